The van der Waals surface area contributed by atoms with Crippen molar-refractivity contribution in [1.29, 1.82) is 0 Å². The van der Waals surface area contributed by atoms with E-state index in [0.717, 1.165) is 32.7 Å². The monoisotopic (exact) mass is 204 g/mol. The van der Waals surface area contributed by atoms with Gasteiger partial charge in [-0.05, 0) is 13.0 Å². The zero-order valence-corrected chi connectivity index (χ0v) is 9.66. The molecule has 86 valence electrons. The van der Waals surface area contributed by atoms with Crippen molar-refractivity contribution in [3.63, 3.8) is 0 Å². The van der Waals surface area contributed by atoms with Crippen LogP contribution in [0.3, 0.4) is 0 Å². The van der Waals surface area contributed by atoms with Crippen LogP contribution in [-0.2, 0) is 9.47 Å². The molecule has 0 aromatic carbocycles. The summed E-state index contributed by atoms with van der Waals surface area (Å²) in [6, 6.07) is 0. The molecule has 4 nitrogen and oxygen atoms in total. The molecule has 14 heavy (non-hydrogen) atoms. The maximum atomic E-state index is 5.54. The maximum Gasteiger partial charge on any atom is 0.0705 e. The number of rotatable bonds is 9. The molecule has 0 aromatic rings. The van der Waals surface area contributed by atoms with Crippen LogP contribution in [0.4, 0.5) is 0 Å². The topological polar surface area (TPSA) is 47.7 Å². The van der Waals surface area contributed by atoms with E-state index in [0.29, 0.717) is 6.54 Å². The lowest BCUT2D eigenvalue weighted by atomic mass is 10.2. The van der Waals surface area contributed by atoms with Crippen molar-refractivity contribution in [2.45, 2.75) is 19.4 Å². The molecule has 0 saturated heterocycles. The van der Waals surface area contributed by atoms with Gasteiger partial charge >= 0.3 is 0 Å². The number of likely N-dealkylation sites (N-methyl/N-ethyl adjacent to an activating group) is 1. The lowest BCUT2D eigenvalue weighted by molar-refractivity contribution is 0.0837. The molecule has 0 bridgehead atoms. The van der Waals surface area contributed by atoms with Crippen molar-refractivity contribution in [1.82, 2.24) is 4.90 Å². The minimum absolute atomic E-state index is 0.187. The van der Waals surface area contributed by atoms with Gasteiger partial charge in [0.25, 0.3) is 0 Å². The van der Waals surface area contributed by atoms with E-state index < -0.39 is 0 Å². The first-order valence-electron chi connectivity index (χ1n) is 5.22. The Balaban J connectivity index is 3.59. The van der Waals surface area contributed by atoms with E-state index in [-0.39, 0.29) is 6.10 Å². The first-order valence-corrected chi connectivity index (χ1v) is 5.22. The third-order valence-electron chi connectivity index (χ3n) is 2.42. The van der Waals surface area contributed by atoms with Crippen molar-refractivity contribution in [3.8, 4) is 0 Å². The highest BCUT2D eigenvalue weighted by Crippen LogP contribution is 1.98. The van der Waals surface area contributed by atoms with E-state index in [4.69, 9.17) is 15.2 Å². The van der Waals surface area contributed by atoms with Crippen molar-refractivity contribution in [3.05, 3.63) is 0 Å². The Morgan fingerprint density at radius 2 is 2.00 bits per heavy atom. The van der Waals surface area contributed by atoms with Gasteiger partial charge in [-0.25, -0.2) is 0 Å². The summed E-state index contributed by atoms with van der Waals surface area (Å²) in [4.78, 5) is 2.34. The van der Waals surface area contributed by atoms with Gasteiger partial charge in [0.15, 0.2) is 0 Å². The summed E-state index contributed by atoms with van der Waals surface area (Å²) in [5.41, 5.74) is 5.54. The number of hydrogen-bond acceptors (Lipinski definition) is 4. The summed E-state index contributed by atoms with van der Waals surface area (Å²) < 4.78 is 10.3. The lowest BCUT2D eigenvalue weighted by Crippen LogP contribution is -2.33. The van der Waals surface area contributed by atoms with Crippen LogP contribution in [0.25, 0.3) is 0 Å². The number of nitrogens with two attached hydrogens (primary N) is 1. The van der Waals surface area contributed by atoms with E-state index in [1.807, 2.05) is 0 Å². The summed E-state index contributed by atoms with van der Waals surface area (Å²) in [7, 11) is 3.44. The Morgan fingerprint density at radius 3 is 2.43 bits per heavy atom. The third-order valence-corrected chi connectivity index (χ3v) is 2.42. The van der Waals surface area contributed by atoms with E-state index >= 15 is 0 Å². The average Bonchev–Trinajstić information content (AvgIpc) is 2.23. The van der Waals surface area contributed by atoms with Crippen LogP contribution in [0.2, 0.25) is 0 Å². The van der Waals surface area contributed by atoms with Gasteiger partial charge in [-0.15, -0.1) is 0 Å². The molecule has 1 atom stereocenters. The van der Waals surface area contributed by atoms with Crippen LogP contribution in [0.5, 0.6) is 0 Å². The molecule has 0 heterocycles. The fraction of sp³-hybridized carbons (Fsp3) is 1.00. The molecule has 2 N–H and O–H groups in total. The quantitative estimate of drug-likeness (QED) is 0.587. The maximum absolute atomic E-state index is 5.54. The fourth-order valence-electron chi connectivity index (χ4n) is 1.31. The van der Waals surface area contributed by atoms with Gasteiger partial charge < -0.3 is 20.1 Å². The molecule has 0 aliphatic rings. The molecule has 1 unspecified atom stereocenters. The normalized spacial score (nSPS) is 13.5. The summed E-state index contributed by atoms with van der Waals surface area (Å²) in [5.74, 6) is 0. The smallest absolute Gasteiger partial charge is 0.0705 e. The molecule has 0 fully saturated rings. The van der Waals surface area contributed by atoms with Crippen molar-refractivity contribution in [2.24, 2.45) is 5.73 Å². The van der Waals surface area contributed by atoms with Crippen LogP contribution in [0.1, 0.15) is 13.3 Å². The van der Waals surface area contributed by atoms with Crippen LogP contribution in [0.15, 0.2) is 0 Å². The molecule has 0 amide bonds. The van der Waals surface area contributed by atoms with Gasteiger partial charge in [-0.3, -0.25) is 0 Å². The molecule has 0 aromatic heterocycles. The van der Waals surface area contributed by atoms with E-state index in [1.165, 1.54) is 0 Å². The van der Waals surface area contributed by atoms with E-state index in [9.17, 15) is 0 Å². The molecular weight excluding hydrogens is 180 g/mol. The second-order valence-electron chi connectivity index (χ2n) is 3.31. The zero-order chi connectivity index (χ0) is 10.8. The number of ether oxygens (including phenoxy) is 2. The van der Waals surface area contributed by atoms with Gasteiger partial charge in [0.05, 0.1) is 12.7 Å². The second-order valence-corrected chi connectivity index (χ2v) is 3.31. The SMILES string of the molecule is CCN(CCOC)CCC(CN)OC. The predicted octanol–water partition coefficient (Wildman–Crippen LogP) is 0.319. The fourth-order valence-corrected chi connectivity index (χ4v) is 1.31. The molecule has 0 saturated carbocycles. The Hall–Kier alpha value is -0.160. The van der Waals surface area contributed by atoms with Gasteiger partial charge in [0, 0.05) is 33.9 Å². The largest absolute Gasteiger partial charge is 0.383 e. The Labute approximate surface area is 87.4 Å². The van der Waals surface area contributed by atoms with Crippen LogP contribution < -0.4 is 5.73 Å². The van der Waals surface area contributed by atoms with Crippen molar-refractivity contribution < 1.29 is 9.47 Å². The average molecular weight is 204 g/mol. The standard InChI is InChI=1S/C10H24N2O2/c1-4-12(7-8-13-2)6-5-10(9-11)14-3/h10H,4-9,11H2,1-3H3. The predicted molar refractivity (Wildman–Crippen MR) is 58.5 cm³/mol. The molecule has 0 aliphatic heterocycles. The molecule has 0 radical (unpaired) electrons. The Kier molecular flexibility index (Phi) is 9.29. The number of nitrogens with zero attached hydrogens (tertiary/aromatic N) is 1. The number of hydrogen-bond donors (Lipinski definition) is 1. The molecule has 0 rings (SSSR count). The molecule has 4 heteroatoms. The highest BCUT2D eigenvalue weighted by molar-refractivity contribution is 4.62. The summed E-state index contributed by atoms with van der Waals surface area (Å²) in [6.07, 6.45) is 1.18. The molecule has 0 spiro atoms. The minimum Gasteiger partial charge on any atom is -0.383 e. The molecular formula is C10H24N2O2. The first kappa shape index (κ1) is 13.8. The summed E-state index contributed by atoms with van der Waals surface area (Å²) >= 11 is 0. The van der Waals surface area contributed by atoms with Gasteiger partial charge in [0.1, 0.15) is 0 Å². The van der Waals surface area contributed by atoms with Gasteiger partial charge in [-0.1, -0.05) is 6.92 Å². The van der Waals surface area contributed by atoms with Crippen molar-refractivity contribution >= 4 is 0 Å². The van der Waals surface area contributed by atoms with E-state index in [2.05, 4.69) is 11.8 Å². The first-order chi connectivity index (χ1) is 6.78. The van der Waals surface area contributed by atoms with E-state index in [1.54, 1.807) is 14.2 Å². The van der Waals surface area contributed by atoms with Crippen molar-refractivity contribution in [2.75, 3.05) is 47.0 Å². The van der Waals surface area contributed by atoms with Crippen LogP contribution in [0, 0.1) is 0 Å². The van der Waals surface area contributed by atoms with Gasteiger partial charge in [0.2, 0.25) is 0 Å². The zero-order valence-electron chi connectivity index (χ0n) is 9.66. The summed E-state index contributed by atoms with van der Waals surface area (Å²) in [6.45, 7) is 6.58. The number of methoxy groups -OCH3 is 2. The highest BCUT2D eigenvalue weighted by atomic mass is 16.5. The molecule has 0 aliphatic carbocycles. The lowest BCUT2D eigenvalue weighted by Gasteiger charge is -2.22. The third kappa shape index (κ3) is 6.32. The van der Waals surface area contributed by atoms with Gasteiger partial charge in [-0.2, -0.15) is 0 Å². The summed E-state index contributed by atoms with van der Waals surface area (Å²) in [5, 5.41) is 0. The Bertz CT molecular complexity index is 119. The second kappa shape index (κ2) is 9.40. The van der Waals surface area contributed by atoms with Crippen LogP contribution in [-0.4, -0.2) is 58.0 Å². The van der Waals surface area contributed by atoms with Crippen LogP contribution >= 0.6 is 0 Å². The Morgan fingerprint density at radius 1 is 1.29 bits per heavy atom. The highest BCUT2D eigenvalue weighted by Gasteiger charge is 2.07. The minimum atomic E-state index is 0.187.